The fourth-order valence-electron chi connectivity index (χ4n) is 5.88. The maximum absolute atomic E-state index is 13.4. The van der Waals surface area contributed by atoms with E-state index >= 15 is 0 Å². The van der Waals surface area contributed by atoms with Gasteiger partial charge in [0.25, 0.3) is 5.91 Å². The first-order valence-electron chi connectivity index (χ1n) is 11.6. The summed E-state index contributed by atoms with van der Waals surface area (Å²) in [7, 11) is 0. The minimum Gasteiger partial charge on any atom is -0.461 e. The summed E-state index contributed by atoms with van der Waals surface area (Å²) in [4.78, 5) is 28.0. The second kappa shape index (κ2) is 8.26. The van der Waals surface area contributed by atoms with Crippen molar-refractivity contribution in [2.45, 2.75) is 69.9 Å². The SMILES string of the molecule is CC1(c2ccccc2)NC(=O)C2(CC(C)(C)N(CCOC(=O)c3ccccc3)C(C)(C)C2)O1. The molecule has 2 aliphatic rings. The van der Waals surface area contributed by atoms with Crippen molar-refractivity contribution in [1.29, 1.82) is 0 Å². The third-order valence-electron chi connectivity index (χ3n) is 6.95. The largest absolute Gasteiger partial charge is 0.461 e. The standard InChI is InChI=1S/C27H34N2O4/c1-24(2)18-27(23(31)28-26(5,33-27)21-14-10-7-11-15-21)19-25(3,4)29(24)16-17-32-22(30)20-12-8-6-9-13-20/h6-15H,16-19H2,1-5H3,(H,28,31). The van der Waals surface area contributed by atoms with E-state index in [1.54, 1.807) is 12.1 Å². The monoisotopic (exact) mass is 450 g/mol. The molecule has 6 heteroatoms. The molecule has 1 unspecified atom stereocenters. The van der Waals surface area contributed by atoms with Crippen molar-refractivity contribution in [3.63, 3.8) is 0 Å². The third-order valence-corrected chi connectivity index (χ3v) is 6.95. The predicted molar refractivity (Wildman–Crippen MR) is 127 cm³/mol. The summed E-state index contributed by atoms with van der Waals surface area (Å²) in [5, 5.41) is 3.12. The summed E-state index contributed by atoms with van der Waals surface area (Å²) in [5.74, 6) is -0.387. The van der Waals surface area contributed by atoms with Crippen LogP contribution in [0.3, 0.4) is 0 Å². The Bertz CT molecular complexity index is 1000. The number of carbonyl (C=O) groups excluding carboxylic acids is 2. The van der Waals surface area contributed by atoms with Crippen molar-refractivity contribution in [3.05, 3.63) is 71.8 Å². The van der Waals surface area contributed by atoms with E-state index in [1.165, 1.54) is 0 Å². The van der Waals surface area contributed by atoms with Crippen LogP contribution in [0.5, 0.6) is 0 Å². The lowest BCUT2D eigenvalue weighted by atomic mass is 9.70. The maximum Gasteiger partial charge on any atom is 0.338 e. The third kappa shape index (κ3) is 4.42. The lowest BCUT2D eigenvalue weighted by Crippen LogP contribution is -2.67. The van der Waals surface area contributed by atoms with Crippen molar-refractivity contribution in [1.82, 2.24) is 10.2 Å². The van der Waals surface area contributed by atoms with Gasteiger partial charge in [0, 0.05) is 36.0 Å². The van der Waals surface area contributed by atoms with Crippen LogP contribution in [0.25, 0.3) is 0 Å². The number of amides is 1. The van der Waals surface area contributed by atoms with Crippen LogP contribution in [0.2, 0.25) is 0 Å². The fourth-order valence-corrected chi connectivity index (χ4v) is 5.88. The molecule has 33 heavy (non-hydrogen) atoms. The van der Waals surface area contributed by atoms with Crippen LogP contribution in [-0.2, 0) is 20.0 Å². The molecular formula is C27H34N2O4. The topological polar surface area (TPSA) is 67.9 Å². The van der Waals surface area contributed by atoms with Gasteiger partial charge in [-0.1, -0.05) is 48.5 Å². The van der Waals surface area contributed by atoms with Crippen molar-refractivity contribution < 1.29 is 19.1 Å². The molecule has 176 valence electrons. The van der Waals surface area contributed by atoms with Gasteiger partial charge in [0.05, 0.1) is 5.56 Å². The Labute approximate surface area is 196 Å². The number of hydrogen-bond acceptors (Lipinski definition) is 5. The Balaban J connectivity index is 1.49. The number of hydrogen-bond donors (Lipinski definition) is 1. The number of rotatable bonds is 5. The van der Waals surface area contributed by atoms with E-state index in [0.717, 1.165) is 5.56 Å². The molecule has 2 saturated heterocycles. The number of nitrogens with zero attached hydrogens (tertiary/aromatic N) is 1. The van der Waals surface area contributed by atoms with E-state index in [9.17, 15) is 9.59 Å². The van der Waals surface area contributed by atoms with Crippen molar-refractivity contribution in [2.75, 3.05) is 13.2 Å². The van der Waals surface area contributed by atoms with Crippen LogP contribution >= 0.6 is 0 Å². The highest BCUT2D eigenvalue weighted by Crippen LogP contribution is 2.50. The molecule has 1 atom stereocenters. The lowest BCUT2D eigenvalue weighted by Gasteiger charge is -2.57. The van der Waals surface area contributed by atoms with Gasteiger partial charge in [-0.2, -0.15) is 0 Å². The second-order valence-corrected chi connectivity index (χ2v) is 10.6. The molecule has 0 aliphatic carbocycles. The lowest BCUT2D eigenvalue weighted by molar-refractivity contribution is -0.187. The van der Waals surface area contributed by atoms with E-state index in [1.807, 2.05) is 55.5 Å². The quantitative estimate of drug-likeness (QED) is 0.690. The molecular weight excluding hydrogens is 416 g/mol. The molecule has 1 spiro atoms. The number of nitrogens with one attached hydrogen (secondary N) is 1. The number of ether oxygens (including phenoxy) is 2. The van der Waals surface area contributed by atoms with Gasteiger partial charge in [0.2, 0.25) is 0 Å². The molecule has 2 aliphatic heterocycles. The first-order chi connectivity index (χ1) is 15.5. The Morgan fingerprint density at radius 1 is 0.939 bits per heavy atom. The van der Waals surface area contributed by atoms with Gasteiger partial charge in [-0.25, -0.2) is 4.79 Å². The minimum atomic E-state index is -0.922. The number of esters is 1. The van der Waals surface area contributed by atoms with Crippen LogP contribution in [0.15, 0.2) is 60.7 Å². The van der Waals surface area contributed by atoms with Crippen molar-refractivity contribution >= 4 is 11.9 Å². The van der Waals surface area contributed by atoms with Gasteiger partial charge in [0.15, 0.2) is 11.3 Å². The highest BCUT2D eigenvalue weighted by molar-refractivity contribution is 5.89. The first-order valence-corrected chi connectivity index (χ1v) is 11.6. The highest BCUT2D eigenvalue weighted by atomic mass is 16.6. The van der Waals surface area contributed by atoms with E-state index in [4.69, 9.17) is 9.47 Å². The van der Waals surface area contributed by atoms with Crippen molar-refractivity contribution in [2.24, 2.45) is 0 Å². The Hall–Kier alpha value is -2.70. The van der Waals surface area contributed by atoms with Gasteiger partial charge in [-0.15, -0.1) is 0 Å². The van der Waals surface area contributed by atoms with E-state index in [-0.39, 0.29) is 29.6 Å². The number of benzene rings is 2. The average molecular weight is 451 g/mol. The second-order valence-electron chi connectivity index (χ2n) is 10.6. The van der Waals surface area contributed by atoms with Gasteiger partial charge >= 0.3 is 5.97 Å². The average Bonchev–Trinajstić information content (AvgIpc) is 2.99. The van der Waals surface area contributed by atoms with E-state index in [2.05, 4.69) is 37.9 Å². The summed E-state index contributed by atoms with van der Waals surface area (Å²) in [6.45, 7) is 11.3. The molecule has 2 fully saturated rings. The van der Waals surface area contributed by atoms with E-state index in [0.29, 0.717) is 24.9 Å². The Kier molecular flexibility index (Phi) is 5.87. The maximum atomic E-state index is 13.4. The molecule has 2 aromatic carbocycles. The first kappa shape index (κ1) is 23.5. The Morgan fingerprint density at radius 2 is 1.48 bits per heavy atom. The Morgan fingerprint density at radius 3 is 2.06 bits per heavy atom. The van der Waals surface area contributed by atoms with Crippen molar-refractivity contribution in [3.8, 4) is 0 Å². The fraction of sp³-hybridized carbons (Fsp3) is 0.481. The summed E-state index contributed by atoms with van der Waals surface area (Å²) < 4.78 is 12.2. The van der Waals surface area contributed by atoms with Gasteiger partial charge < -0.3 is 14.8 Å². The number of likely N-dealkylation sites (tertiary alicyclic amines) is 1. The number of piperidine rings is 1. The van der Waals surface area contributed by atoms with Gasteiger partial charge in [-0.3, -0.25) is 9.69 Å². The number of carbonyl (C=O) groups is 2. The van der Waals surface area contributed by atoms with Crippen LogP contribution in [-0.4, -0.2) is 46.6 Å². The molecule has 2 aromatic rings. The molecule has 1 N–H and O–H groups in total. The van der Waals surface area contributed by atoms with Crippen LogP contribution in [0, 0.1) is 0 Å². The molecule has 1 amide bonds. The molecule has 0 saturated carbocycles. The summed E-state index contributed by atoms with van der Waals surface area (Å²) in [5.41, 5.74) is -1.00. The molecule has 0 bridgehead atoms. The van der Waals surface area contributed by atoms with Gasteiger partial charge in [0.1, 0.15) is 6.61 Å². The summed E-state index contributed by atoms with van der Waals surface area (Å²) in [6, 6.07) is 18.8. The zero-order valence-corrected chi connectivity index (χ0v) is 20.2. The highest BCUT2D eigenvalue weighted by Gasteiger charge is 2.62. The molecule has 2 heterocycles. The summed E-state index contributed by atoms with van der Waals surface area (Å²) in [6.07, 6.45) is 1.09. The normalized spacial score (nSPS) is 25.5. The minimum absolute atomic E-state index is 0.0647. The summed E-state index contributed by atoms with van der Waals surface area (Å²) >= 11 is 0. The van der Waals surface area contributed by atoms with Crippen LogP contribution < -0.4 is 5.32 Å². The molecule has 6 nitrogen and oxygen atoms in total. The zero-order valence-electron chi connectivity index (χ0n) is 20.2. The smallest absolute Gasteiger partial charge is 0.338 e. The molecule has 4 rings (SSSR count). The van der Waals surface area contributed by atoms with E-state index < -0.39 is 11.3 Å². The molecule has 0 radical (unpaired) electrons. The van der Waals surface area contributed by atoms with Gasteiger partial charge in [-0.05, 0) is 46.8 Å². The molecule has 0 aromatic heterocycles. The predicted octanol–water partition coefficient (Wildman–Crippen LogP) is 4.25. The van der Waals surface area contributed by atoms with Crippen LogP contribution in [0.4, 0.5) is 0 Å². The van der Waals surface area contributed by atoms with Crippen LogP contribution in [0.1, 0.15) is 63.4 Å². The zero-order chi connectivity index (χ0) is 23.9.